The van der Waals surface area contributed by atoms with Gasteiger partial charge in [0.2, 0.25) is 5.78 Å². The van der Waals surface area contributed by atoms with E-state index >= 15 is 4.39 Å². The number of ether oxygens (including phenoxy) is 3. The van der Waals surface area contributed by atoms with E-state index in [0.29, 0.717) is 31.3 Å². The molecule has 0 heterocycles. The first-order valence-corrected chi connectivity index (χ1v) is 21.6. The Balaban J connectivity index is 1.48. The summed E-state index contributed by atoms with van der Waals surface area (Å²) in [6.45, 7) is 10.4. The Morgan fingerprint density at radius 3 is 2.09 bits per heavy atom. The molecule has 9 heteroatoms. The zero-order valence-electron chi connectivity index (χ0n) is 34.7. The van der Waals surface area contributed by atoms with Crippen molar-refractivity contribution < 1.29 is 42.6 Å². The van der Waals surface area contributed by atoms with E-state index in [1.165, 1.54) is 50.7 Å². The van der Waals surface area contributed by atoms with E-state index in [1.54, 1.807) is 26.8 Å². The number of halogens is 1. The molecule has 0 aliphatic heterocycles. The molecule has 8 atom stereocenters. The maximum atomic E-state index is 18.7. The number of carbonyl (C=O) groups is 5. The molecule has 3 saturated carbocycles. The summed E-state index contributed by atoms with van der Waals surface area (Å²) in [6, 6.07) is 0. The number of carbonyl (C=O) groups excluding carboxylic acids is 5. The van der Waals surface area contributed by atoms with Crippen LogP contribution in [0.1, 0.15) is 170 Å². The second kappa shape index (κ2) is 19.9. The predicted octanol–water partition coefficient (Wildman–Crippen LogP) is 10.4. The van der Waals surface area contributed by atoms with Crippen molar-refractivity contribution in [3.05, 3.63) is 36.0 Å². The number of alkyl halides is 1. The molecule has 0 spiro atoms. The van der Waals surface area contributed by atoms with Crippen LogP contribution in [-0.4, -0.2) is 53.5 Å². The lowest BCUT2D eigenvalue weighted by molar-refractivity contribution is -0.236. The second-order valence-corrected chi connectivity index (χ2v) is 17.2. The second-order valence-electron chi connectivity index (χ2n) is 17.2. The van der Waals surface area contributed by atoms with Crippen molar-refractivity contribution in [3.63, 3.8) is 0 Å². The van der Waals surface area contributed by atoms with Gasteiger partial charge in [-0.25, -0.2) is 4.39 Å². The van der Waals surface area contributed by atoms with E-state index in [4.69, 9.17) is 14.2 Å². The van der Waals surface area contributed by atoms with Gasteiger partial charge in [-0.3, -0.25) is 24.0 Å². The summed E-state index contributed by atoms with van der Waals surface area (Å²) in [5.74, 6) is -3.97. The lowest BCUT2D eigenvalue weighted by Crippen LogP contribution is -2.70. The number of unbranched alkanes of at least 4 members (excludes halogenated alkanes) is 11. The molecule has 308 valence electrons. The van der Waals surface area contributed by atoms with Crippen LogP contribution in [0, 0.1) is 28.6 Å². The molecule has 0 amide bonds. The van der Waals surface area contributed by atoms with Crippen LogP contribution in [0.4, 0.5) is 4.39 Å². The lowest BCUT2D eigenvalue weighted by Gasteiger charge is -2.63. The topological polar surface area (TPSA) is 113 Å². The third-order valence-corrected chi connectivity index (χ3v) is 13.7. The number of hydrogen-bond donors (Lipinski definition) is 0. The zero-order valence-corrected chi connectivity index (χ0v) is 34.7. The number of ketones is 2. The van der Waals surface area contributed by atoms with Gasteiger partial charge in [0.1, 0.15) is 6.10 Å². The first-order valence-electron chi connectivity index (χ1n) is 21.6. The Labute approximate surface area is 329 Å². The average molecular weight is 769 g/mol. The summed E-state index contributed by atoms with van der Waals surface area (Å²) >= 11 is 0. The van der Waals surface area contributed by atoms with Crippen LogP contribution in [0.5, 0.6) is 0 Å². The standard InChI is InChI=1S/C46H69FO8/c1-7-10-11-12-13-14-15-16-17-18-19-20-21-22-23-24-42(52)54-39-31-44(6)37(36-26-25-34-30-35(48)27-28-43(34,5)45(36,39)47)29-33(4)46(44,55-41(51)9-3)38(49)32-53-40(50)8-2/h16-17,27-28,30,33,36-37,39H,7-15,18-26,29,31-32H2,1-6H3/t33-,36-,37-,39-,43-,44-,45?,46-/m0/s1. The Bertz CT molecular complexity index is 1460. The van der Waals surface area contributed by atoms with Gasteiger partial charge in [0.15, 0.2) is 23.7 Å². The molecule has 0 aromatic carbocycles. The van der Waals surface area contributed by atoms with Gasteiger partial charge in [-0.05, 0) is 82.8 Å². The molecule has 8 nitrogen and oxygen atoms in total. The van der Waals surface area contributed by atoms with Crippen LogP contribution >= 0.6 is 0 Å². The highest BCUT2D eigenvalue weighted by atomic mass is 19.1. The molecule has 0 aromatic heterocycles. The smallest absolute Gasteiger partial charge is 0.306 e. The molecular formula is C46H69FO8. The van der Waals surface area contributed by atoms with Crippen molar-refractivity contribution in [3.8, 4) is 0 Å². The quantitative estimate of drug-likeness (QED) is 0.0463. The first kappa shape index (κ1) is 44.6. The predicted molar refractivity (Wildman–Crippen MR) is 212 cm³/mol. The van der Waals surface area contributed by atoms with Crippen LogP contribution < -0.4 is 0 Å². The molecule has 3 fully saturated rings. The van der Waals surface area contributed by atoms with Crippen molar-refractivity contribution in [2.24, 2.45) is 28.6 Å². The third kappa shape index (κ3) is 9.38. The van der Waals surface area contributed by atoms with Crippen molar-refractivity contribution in [1.82, 2.24) is 0 Å². The summed E-state index contributed by atoms with van der Waals surface area (Å²) in [5.41, 5.74) is -5.47. The molecule has 0 aromatic rings. The minimum Gasteiger partial charge on any atom is -0.459 e. The largest absolute Gasteiger partial charge is 0.459 e. The minimum absolute atomic E-state index is 0.0210. The highest BCUT2D eigenvalue weighted by molar-refractivity contribution is 6.01. The maximum Gasteiger partial charge on any atom is 0.306 e. The normalized spacial score (nSPS) is 32.3. The van der Waals surface area contributed by atoms with Crippen molar-refractivity contribution in [1.29, 1.82) is 0 Å². The van der Waals surface area contributed by atoms with Crippen molar-refractivity contribution in [2.45, 2.75) is 187 Å². The van der Waals surface area contributed by atoms with E-state index < -0.39 is 76.3 Å². The van der Waals surface area contributed by atoms with Crippen LogP contribution in [0.25, 0.3) is 0 Å². The molecule has 4 rings (SSSR count). The maximum absolute atomic E-state index is 18.7. The van der Waals surface area contributed by atoms with Crippen molar-refractivity contribution >= 4 is 29.5 Å². The van der Waals surface area contributed by atoms with Crippen molar-refractivity contribution in [2.75, 3.05) is 6.61 Å². The molecule has 4 aliphatic rings. The summed E-state index contributed by atoms with van der Waals surface area (Å²) in [6.07, 6.45) is 24.0. The summed E-state index contributed by atoms with van der Waals surface area (Å²) in [5, 5.41) is 0. The van der Waals surface area contributed by atoms with Gasteiger partial charge in [-0.2, -0.15) is 0 Å². The molecule has 0 saturated heterocycles. The highest BCUT2D eigenvalue weighted by Gasteiger charge is 2.78. The fraction of sp³-hybridized carbons (Fsp3) is 0.761. The fourth-order valence-electron chi connectivity index (χ4n) is 10.7. The summed E-state index contributed by atoms with van der Waals surface area (Å²) in [4.78, 5) is 65.8. The molecule has 0 N–H and O–H groups in total. The first-order chi connectivity index (χ1) is 26.2. The van der Waals surface area contributed by atoms with Gasteiger partial charge in [0, 0.05) is 41.9 Å². The Morgan fingerprint density at radius 2 is 1.45 bits per heavy atom. The van der Waals surface area contributed by atoms with E-state index in [1.807, 2.05) is 13.8 Å². The van der Waals surface area contributed by atoms with Crippen LogP contribution in [-0.2, 0) is 38.2 Å². The van der Waals surface area contributed by atoms with E-state index in [-0.39, 0.29) is 31.5 Å². The van der Waals surface area contributed by atoms with E-state index in [2.05, 4.69) is 19.1 Å². The zero-order chi connectivity index (χ0) is 40.3. The number of Topliss-reactive ketones (excluding diaryl/α,β-unsaturated/α-hetero) is 1. The molecule has 4 aliphatic carbocycles. The van der Waals surface area contributed by atoms with E-state index in [0.717, 1.165) is 38.5 Å². The number of fused-ring (bicyclic) bond motifs is 5. The number of rotatable bonds is 22. The highest BCUT2D eigenvalue weighted by Crippen LogP contribution is 2.72. The molecule has 55 heavy (non-hydrogen) atoms. The monoisotopic (exact) mass is 768 g/mol. The fourth-order valence-corrected chi connectivity index (χ4v) is 10.7. The van der Waals surface area contributed by atoms with Gasteiger partial charge in [-0.15, -0.1) is 0 Å². The minimum atomic E-state index is -2.08. The Hall–Kier alpha value is -3.10. The molecule has 0 bridgehead atoms. The van der Waals surface area contributed by atoms with Gasteiger partial charge < -0.3 is 14.2 Å². The Morgan fingerprint density at radius 1 is 0.836 bits per heavy atom. The molecular weight excluding hydrogens is 699 g/mol. The molecule has 0 radical (unpaired) electrons. The number of hydrogen-bond acceptors (Lipinski definition) is 8. The van der Waals surface area contributed by atoms with Gasteiger partial charge in [0.25, 0.3) is 0 Å². The van der Waals surface area contributed by atoms with Gasteiger partial charge in [0.05, 0.1) is 0 Å². The van der Waals surface area contributed by atoms with Crippen LogP contribution in [0.2, 0.25) is 0 Å². The number of esters is 3. The average Bonchev–Trinajstić information content (AvgIpc) is 3.38. The lowest BCUT2D eigenvalue weighted by atomic mass is 9.44. The van der Waals surface area contributed by atoms with E-state index in [9.17, 15) is 24.0 Å². The SMILES string of the molecule is CCCCCCCCC=CCCCCCCCC(=O)O[C@H]1C[C@@]2(C)[C@@H](C[C@H](C)[C@]2(OC(=O)CC)C(=O)COC(=O)CC)[C@@H]2CCC3=CC(=O)C=C[C@]3(C)C12F. The number of allylic oxidation sites excluding steroid dienone is 6. The van der Waals surface area contributed by atoms with Gasteiger partial charge in [-0.1, -0.05) is 110 Å². The van der Waals surface area contributed by atoms with Gasteiger partial charge >= 0.3 is 17.9 Å². The van der Waals surface area contributed by atoms with Crippen LogP contribution in [0.15, 0.2) is 36.0 Å². The summed E-state index contributed by atoms with van der Waals surface area (Å²) in [7, 11) is 0. The third-order valence-electron chi connectivity index (χ3n) is 13.7. The van der Waals surface area contributed by atoms with Crippen LogP contribution in [0.3, 0.4) is 0 Å². The Kier molecular flexibility index (Phi) is 16.1. The molecule has 1 unspecified atom stereocenters. The summed E-state index contributed by atoms with van der Waals surface area (Å²) < 4.78 is 36.5.